The second-order valence-corrected chi connectivity index (χ2v) is 5.59. The van der Waals surface area contributed by atoms with Gasteiger partial charge >= 0.3 is 0 Å². The van der Waals surface area contributed by atoms with Crippen molar-refractivity contribution in [2.75, 3.05) is 0 Å². The Labute approximate surface area is 90.7 Å². The normalized spacial score (nSPS) is 36.5. The number of hydrogen-bond donors (Lipinski definition) is 0. The fraction of sp³-hybridized carbons (Fsp3) is 0.692. The van der Waals surface area contributed by atoms with Crippen LogP contribution in [0.2, 0.25) is 0 Å². The molecule has 2 heteroatoms. The van der Waals surface area contributed by atoms with Crippen LogP contribution in [0.25, 0.3) is 0 Å². The van der Waals surface area contributed by atoms with Gasteiger partial charge in [-0.05, 0) is 31.6 Å². The Kier molecular flexibility index (Phi) is 2.14. The van der Waals surface area contributed by atoms with Gasteiger partial charge in [0.15, 0.2) is 0 Å². The molecule has 3 unspecified atom stereocenters. The van der Waals surface area contributed by atoms with E-state index in [1.165, 1.54) is 5.57 Å². The zero-order valence-corrected chi connectivity index (χ0v) is 9.83. The lowest BCUT2D eigenvalue weighted by Crippen LogP contribution is -2.40. The smallest absolute Gasteiger partial charge is 0.137 e. The molecule has 0 heterocycles. The first kappa shape index (κ1) is 10.6. The summed E-state index contributed by atoms with van der Waals surface area (Å²) >= 11 is 0. The molecule has 0 aliphatic heterocycles. The summed E-state index contributed by atoms with van der Waals surface area (Å²) in [6.07, 6.45) is 3.11. The van der Waals surface area contributed by atoms with Crippen molar-refractivity contribution in [2.24, 2.45) is 23.2 Å². The van der Waals surface area contributed by atoms with Gasteiger partial charge in [0.2, 0.25) is 0 Å². The van der Waals surface area contributed by atoms with E-state index in [0.29, 0.717) is 5.92 Å². The van der Waals surface area contributed by atoms with Gasteiger partial charge in [0.1, 0.15) is 11.6 Å². The second-order valence-electron chi connectivity index (χ2n) is 5.59. The van der Waals surface area contributed by atoms with Crippen LogP contribution < -0.4 is 0 Å². The second kappa shape index (κ2) is 3.03. The SMILES string of the molecule is CC(=O)C1C=C2C(CC2(C)C)C1C(C)=O. The van der Waals surface area contributed by atoms with Gasteiger partial charge in [-0.2, -0.15) is 0 Å². The fourth-order valence-electron chi connectivity index (χ4n) is 3.27. The molecule has 0 aromatic heterocycles. The summed E-state index contributed by atoms with van der Waals surface area (Å²) in [5.41, 5.74) is 1.55. The van der Waals surface area contributed by atoms with Crippen molar-refractivity contribution < 1.29 is 9.59 Å². The molecule has 3 atom stereocenters. The summed E-state index contributed by atoms with van der Waals surface area (Å²) in [5.74, 6) is 0.441. The van der Waals surface area contributed by atoms with Crippen molar-refractivity contribution >= 4 is 11.6 Å². The van der Waals surface area contributed by atoms with E-state index in [1.807, 2.05) is 0 Å². The van der Waals surface area contributed by atoms with Crippen molar-refractivity contribution in [1.82, 2.24) is 0 Å². The first-order valence-corrected chi connectivity index (χ1v) is 5.57. The van der Waals surface area contributed by atoms with Crippen LogP contribution in [0, 0.1) is 23.2 Å². The van der Waals surface area contributed by atoms with Gasteiger partial charge < -0.3 is 0 Å². The molecular weight excluding hydrogens is 188 g/mol. The maximum absolute atomic E-state index is 11.6. The van der Waals surface area contributed by atoms with Gasteiger partial charge in [0.25, 0.3) is 0 Å². The highest BCUT2D eigenvalue weighted by atomic mass is 16.1. The van der Waals surface area contributed by atoms with Crippen molar-refractivity contribution in [2.45, 2.75) is 34.1 Å². The number of fused-ring (bicyclic) bond motifs is 1. The Morgan fingerprint density at radius 3 is 2.27 bits per heavy atom. The monoisotopic (exact) mass is 206 g/mol. The fourth-order valence-corrected chi connectivity index (χ4v) is 3.27. The van der Waals surface area contributed by atoms with E-state index in [9.17, 15) is 9.59 Å². The molecule has 2 rings (SSSR count). The molecule has 0 spiro atoms. The number of hydrogen-bond acceptors (Lipinski definition) is 2. The van der Waals surface area contributed by atoms with Crippen LogP contribution in [-0.4, -0.2) is 11.6 Å². The van der Waals surface area contributed by atoms with Gasteiger partial charge in [-0.1, -0.05) is 25.5 Å². The standard InChI is InChI=1S/C13H18O2/c1-7(14)9-5-11-10(6-13(11,3)4)12(9)8(2)15/h5,9-10,12H,6H2,1-4H3. The third kappa shape index (κ3) is 1.38. The molecule has 1 saturated carbocycles. The summed E-state index contributed by atoms with van der Waals surface area (Å²) in [5, 5.41) is 0. The molecule has 0 aromatic carbocycles. The summed E-state index contributed by atoms with van der Waals surface area (Å²) in [6, 6.07) is 0. The van der Waals surface area contributed by atoms with E-state index in [1.54, 1.807) is 13.8 Å². The van der Waals surface area contributed by atoms with Gasteiger partial charge in [-0.15, -0.1) is 0 Å². The Bertz CT molecular complexity index is 363. The lowest BCUT2D eigenvalue weighted by molar-refractivity contribution is -0.130. The van der Waals surface area contributed by atoms with Crippen LogP contribution in [0.5, 0.6) is 0 Å². The van der Waals surface area contributed by atoms with E-state index < -0.39 is 0 Å². The number of carbonyl (C=O) groups excluding carboxylic acids is 2. The molecule has 2 aliphatic carbocycles. The molecule has 0 amide bonds. The zero-order chi connectivity index (χ0) is 11.4. The zero-order valence-electron chi connectivity index (χ0n) is 9.83. The van der Waals surface area contributed by atoms with Gasteiger partial charge in [0, 0.05) is 11.8 Å². The lowest BCUT2D eigenvalue weighted by atomic mass is 9.58. The predicted octanol–water partition coefficient (Wildman–Crippen LogP) is 2.38. The van der Waals surface area contributed by atoms with Gasteiger partial charge in [-0.3, -0.25) is 9.59 Å². The molecule has 0 N–H and O–H groups in total. The minimum absolute atomic E-state index is 0.0643. The highest BCUT2D eigenvalue weighted by Gasteiger charge is 2.53. The van der Waals surface area contributed by atoms with Crippen molar-refractivity contribution in [3.8, 4) is 0 Å². The predicted molar refractivity (Wildman–Crippen MR) is 58.3 cm³/mol. The van der Waals surface area contributed by atoms with E-state index in [4.69, 9.17) is 0 Å². The van der Waals surface area contributed by atoms with Crippen LogP contribution >= 0.6 is 0 Å². The minimum Gasteiger partial charge on any atom is -0.300 e. The average Bonchev–Trinajstić information content (AvgIpc) is 2.39. The Balaban J connectivity index is 2.32. The summed E-state index contributed by atoms with van der Waals surface area (Å²) in [7, 11) is 0. The molecule has 0 radical (unpaired) electrons. The van der Waals surface area contributed by atoms with Crippen molar-refractivity contribution in [3.05, 3.63) is 11.6 Å². The van der Waals surface area contributed by atoms with E-state index in [-0.39, 0.29) is 28.8 Å². The number of allylic oxidation sites excluding steroid dienone is 2. The molecule has 0 bridgehead atoms. The van der Waals surface area contributed by atoms with Crippen LogP contribution in [0.4, 0.5) is 0 Å². The van der Waals surface area contributed by atoms with Crippen LogP contribution in [0.3, 0.4) is 0 Å². The average molecular weight is 206 g/mol. The highest BCUT2D eigenvalue weighted by molar-refractivity contribution is 5.91. The summed E-state index contributed by atoms with van der Waals surface area (Å²) < 4.78 is 0. The maximum Gasteiger partial charge on any atom is 0.137 e. The van der Waals surface area contributed by atoms with Crippen LogP contribution in [0.15, 0.2) is 11.6 Å². The minimum atomic E-state index is -0.149. The maximum atomic E-state index is 11.6. The Morgan fingerprint density at radius 1 is 1.27 bits per heavy atom. The topological polar surface area (TPSA) is 34.1 Å². The quantitative estimate of drug-likeness (QED) is 0.650. The van der Waals surface area contributed by atoms with Crippen LogP contribution in [-0.2, 0) is 9.59 Å². The Hall–Kier alpha value is -0.920. The number of Topliss-reactive ketones (excluding diaryl/α,β-unsaturated/α-hetero) is 2. The first-order chi connectivity index (χ1) is 6.84. The molecule has 1 fully saturated rings. The molecule has 2 aliphatic rings. The van der Waals surface area contributed by atoms with Crippen molar-refractivity contribution in [3.63, 3.8) is 0 Å². The molecular formula is C13H18O2. The van der Waals surface area contributed by atoms with Gasteiger partial charge in [-0.25, -0.2) is 0 Å². The number of ketones is 2. The molecule has 2 nitrogen and oxygen atoms in total. The molecule has 82 valence electrons. The number of rotatable bonds is 2. The third-order valence-corrected chi connectivity index (χ3v) is 4.03. The summed E-state index contributed by atoms with van der Waals surface area (Å²) in [6.45, 7) is 7.59. The van der Waals surface area contributed by atoms with Crippen LogP contribution in [0.1, 0.15) is 34.1 Å². The van der Waals surface area contributed by atoms with E-state index in [2.05, 4.69) is 19.9 Å². The first-order valence-electron chi connectivity index (χ1n) is 5.57. The largest absolute Gasteiger partial charge is 0.300 e. The summed E-state index contributed by atoms with van der Waals surface area (Å²) in [4.78, 5) is 23.1. The van der Waals surface area contributed by atoms with E-state index >= 15 is 0 Å². The van der Waals surface area contributed by atoms with Crippen molar-refractivity contribution in [1.29, 1.82) is 0 Å². The molecule has 15 heavy (non-hydrogen) atoms. The Morgan fingerprint density at radius 2 is 1.87 bits per heavy atom. The molecule has 0 saturated heterocycles. The highest BCUT2D eigenvalue weighted by Crippen LogP contribution is 2.59. The third-order valence-electron chi connectivity index (χ3n) is 4.03. The van der Waals surface area contributed by atoms with Gasteiger partial charge in [0.05, 0.1) is 0 Å². The lowest BCUT2D eigenvalue weighted by Gasteiger charge is -2.45. The van der Waals surface area contributed by atoms with E-state index in [0.717, 1.165) is 6.42 Å². The number of carbonyl (C=O) groups is 2. The molecule has 0 aromatic rings.